The van der Waals surface area contributed by atoms with E-state index in [0.29, 0.717) is 22.1 Å². The number of anilines is 1. The highest BCUT2D eigenvalue weighted by molar-refractivity contribution is 6.31. The molecule has 2 unspecified atom stereocenters. The Kier molecular flexibility index (Phi) is 5.49. The summed E-state index contributed by atoms with van der Waals surface area (Å²) in [7, 11) is 0. The van der Waals surface area contributed by atoms with Gasteiger partial charge in [0.1, 0.15) is 5.92 Å². The van der Waals surface area contributed by atoms with Crippen molar-refractivity contribution >= 4 is 40.6 Å². The van der Waals surface area contributed by atoms with Crippen LogP contribution < -0.4 is 5.32 Å². The number of halogens is 1. The maximum absolute atomic E-state index is 12.7. The van der Waals surface area contributed by atoms with Crippen LogP contribution in [0.3, 0.4) is 0 Å². The van der Waals surface area contributed by atoms with E-state index in [2.05, 4.69) is 10.3 Å². The maximum atomic E-state index is 12.7. The van der Waals surface area contributed by atoms with Crippen LogP contribution in [0.2, 0.25) is 5.02 Å². The van der Waals surface area contributed by atoms with Crippen LogP contribution >= 0.6 is 11.6 Å². The number of hydrogen-bond acceptors (Lipinski definition) is 6. The predicted molar refractivity (Wildman–Crippen MR) is 93.0 cm³/mol. The van der Waals surface area contributed by atoms with Gasteiger partial charge in [0.15, 0.2) is 5.54 Å². The first kappa shape index (κ1) is 18.3. The quantitative estimate of drug-likeness (QED) is 0.841. The second-order valence-electron chi connectivity index (χ2n) is 5.65. The summed E-state index contributed by atoms with van der Waals surface area (Å²) < 4.78 is 10.4. The number of ether oxygens (including phenoxy) is 2. The molecule has 0 aromatic heterocycles. The van der Waals surface area contributed by atoms with Crippen LogP contribution in [-0.2, 0) is 19.1 Å². The number of benzene rings is 1. The standard InChI is InChI=1S/C17H21ClN2O4/c1-5-23-15(21)14-10(3)19-12-8-7-11(18)9-13(12)20-17(14,4)16(22)24-6-2/h7-9,14,20H,5-6H2,1-4H3. The van der Waals surface area contributed by atoms with Gasteiger partial charge in [0, 0.05) is 10.7 Å². The Morgan fingerprint density at radius 3 is 2.58 bits per heavy atom. The van der Waals surface area contributed by atoms with Crippen LogP contribution in [-0.4, -0.2) is 36.4 Å². The van der Waals surface area contributed by atoms with Crippen molar-refractivity contribution in [3.8, 4) is 0 Å². The summed E-state index contributed by atoms with van der Waals surface area (Å²) in [5.74, 6) is -1.99. The highest BCUT2D eigenvalue weighted by atomic mass is 35.5. The molecule has 0 fully saturated rings. The van der Waals surface area contributed by atoms with Crippen LogP contribution in [0, 0.1) is 5.92 Å². The fourth-order valence-corrected chi connectivity index (χ4v) is 2.98. The largest absolute Gasteiger partial charge is 0.465 e. The lowest BCUT2D eigenvalue weighted by molar-refractivity contribution is -0.157. The summed E-state index contributed by atoms with van der Waals surface area (Å²) in [5.41, 5.74) is 0.271. The van der Waals surface area contributed by atoms with Crippen molar-refractivity contribution in [3.05, 3.63) is 23.2 Å². The average Bonchev–Trinajstić information content (AvgIpc) is 2.61. The number of nitrogens with one attached hydrogen (secondary N) is 1. The van der Waals surface area contributed by atoms with E-state index in [1.807, 2.05) is 0 Å². The Labute approximate surface area is 146 Å². The van der Waals surface area contributed by atoms with E-state index in [0.717, 1.165) is 0 Å². The van der Waals surface area contributed by atoms with Gasteiger partial charge in [-0.2, -0.15) is 0 Å². The molecule has 24 heavy (non-hydrogen) atoms. The first-order chi connectivity index (χ1) is 11.3. The van der Waals surface area contributed by atoms with Crippen molar-refractivity contribution in [2.24, 2.45) is 10.9 Å². The number of carbonyl (C=O) groups is 2. The molecule has 130 valence electrons. The van der Waals surface area contributed by atoms with Gasteiger partial charge in [-0.3, -0.25) is 9.79 Å². The van der Waals surface area contributed by atoms with E-state index in [9.17, 15) is 9.59 Å². The first-order valence-corrected chi connectivity index (χ1v) is 8.18. The Morgan fingerprint density at radius 1 is 1.29 bits per heavy atom. The van der Waals surface area contributed by atoms with Crippen LogP contribution in [0.1, 0.15) is 27.7 Å². The topological polar surface area (TPSA) is 77.0 Å². The van der Waals surface area contributed by atoms with Crippen LogP contribution in [0.25, 0.3) is 0 Å². The lowest BCUT2D eigenvalue weighted by atomic mass is 9.82. The Bertz CT molecular complexity index is 689. The number of fused-ring (bicyclic) bond motifs is 1. The van der Waals surface area contributed by atoms with Crippen molar-refractivity contribution in [2.75, 3.05) is 18.5 Å². The van der Waals surface area contributed by atoms with Gasteiger partial charge in [-0.15, -0.1) is 0 Å². The molecule has 1 N–H and O–H groups in total. The molecule has 0 saturated carbocycles. The summed E-state index contributed by atoms with van der Waals surface area (Å²) in [4.78, 5) is 29.7. The molecule has 0 spiro atoms. The SMILES string of the molecule is CCOC(=O)C1C(C)=Nc2ccc(Cl)cc2NC1(C)C(=O)OCC. The van der Waals surface area contributed by atoms with Crippen molar-refractivity contribution in [1.82, 2.24) is 0 Å². The zero-order chi connectivity index (χ0) is 17.9. The van der Waals surface area contributed by atoms with Gasteiger partial charge in [0.2, 0.25) is 0 Å². The Hall–Kier alpha value is -2.08. The fraction of sp³-hybridized carbons (Fsp3) is 0.471. The van der Waals surface area contributed by atoms with Gasteiger partial charge in [0.05, 0.1) is 24.6 Å². The van der Waals surface area contributed by atoms with Gasteiger partial charge < -0.3 is 14.8 Å². The number of esters is 2. The zero-order valence-corrected chi connectivity index (χ0v) is 14.9. The maximum Gasteiger partial charge on any atom is 0.332 e. The Balaban J connectivity index is 2.59. The molecule has 2 atom stereocenters. The number of hydrogen-bond donors (Lipinski definition) is 1. The van der Waals surface area contributed by atoms with E-state index < -0.39 is 23.4 Å². The van der Waals surface area contributed by atoms with Crippen molar-refractivity contribution in [2.45, 2.75) is 33.2 Å². The second-order valence-corrected chi connectivity index (χ2v) is 6.08. The third kappa shape index (κ3) is 3.38. The van der Waals surface area contributed by atoms with E-state index in [-0.39, 0.29) is 13.2 Å². The van der Waals surface area contributed by atoms with E-state index in [1.165, 1.54) is 0 Å². The summed E-state index contributed by atoms with van der Waals surface area (Å²) >= 11 is 6.05. The van der Waals surface area contributed by atoms with E-state index >= 15 is 0 Å². The van der Waals surface area contributed by atoms with Gasteiger partial charge in [-0.25, -0.2) is 4.79 Å². The summed E-state index contributed by atoms with van der Waals surface area (Å²) in [6.07, 6.45) is 0. The monoisotopic (exact) mass is 352 g/mol. The smallest absolute Gasteiger partial charge is 0.332 e. The average molecular weight is 353 g/mol. The van der Waals surface area contributed by atoms with Crippen molar-refractivity contribution in [3.63, 3.8) is 0 Å². The number of carbonyl (C=O) groups excluding carboxylic acids is 2. The molecule has 0 saturated heterocycles. The van der Waals surface area contributed by atoms with Crippen LogP contribution in [0.15, 0.2) is 23.2 Å². The third-order valence-electron chi connectivity index (χ3n) is 3.87. The lowest BCUT2D eigenvalue weighted by Crippen LogP contribution is -2.56. The summed E-state index contributed by atoms with van der Waals surface area (Å²) in [6, 6.07) is 5.09. The van der Waals surface area contributed by atoms with Gasteiger partial charge >= 0.3 is 11.9 Å². The summed E-state index contributed by atoms with van der Waals surface area (Å²) in [5, 5.41) is 3.60. The lowest BCUT2D eigenvalue weighted by Gasteiger charge is -2.34. The highest BCUT2D eigenvalue weighted by Gasteiger charge is 2.50. The van der Waals surface area contributed by atoms with Crippen molar-refractivity contribution in [1.29, 1.82) is 0 Å². The van der Waals surface area contributed by atoms with Crippen LogP contribution in [0.4, 0.5) is 11.4 Å². The highest BCUT2D eigenvalue weighted by Crippen LogP contribution is 2.38. The molecule has 0 bridgehead atoms. The number of nitrogens with zero attached hydrogens (tertiary/aromatic N) is 1. The molecule has 0 radical (unpaired) electrons. The zero-order valence-electron chi connectivity index (χ0n) is 14.2. The van der Waals surface area contributed by atoms with E-state index in [4.69, 9.17) is 21.1 Å². The molecule has 1 heterocycles. The third-order valence-corrected chi connectivity index (χ3v) is 4.10. The molecule has 1 aromatic rings. The molecule has 0 amide bonds. The molecular formula is C17H21ClN2O4. The predicted octanol–water partition coefficient (Wildman–Crippen LogP) is 3.36. The van der Waals surface area contributed by atoms with Crippen LogP contribution in [0.5, 0.6) is 0 Å². The minimum Gasteiger partial charge on any atom is -0.465 e. The van der Waals surface area contributed by atoms with Crippen molar-refractivity contribution < 1.29 is 19.1 Å². The number of rotatable bonds is 4. The molecule has 2 rings (SSSR count). The normalized spacial score (nSPS) is 22.5. The van der Waals surface area contributed by atoms with Gasteiger partial charge in [-0.05, 0) is 45.9 Å². The van der Waals surface area contributed by atoms with Gasteiger partial charge in [0.25, 0.3) is 0 Å². The Morgan fingerprint density at radius 2 is 1.96 bits per heavy atom. The fourth-order valence-electron chi connectivity index (χ4n) is 2.81. The van der Waals surface area contributed by atoms with E-state index in [1.54, 1.807) is 45.9 Å². The molecule has 0 aliphatic carbocycles. The molecule has 7 heteroatoms. The molecule has 1 aromatic carbocycles. The number of aliphatic imine (C=N–C) groups is 1. The molecule has 1 aliphatic heterocycles. The summed E-state index contributed by atoms with van der Waals surface area (Å²) in [6.45, 7) is 7.14. The second kappa shape index (κ2) is 7.21. The molecule has 1 aliphatic rings. The van der Waals surface area contributed by atoms with Gasteiger partial charge in [-0.1, -0.05) is 11.6 Å². The first-order valence-electron chi connectivity index (χ1n) is 7.80. The molecular weight excluding hydrogens is 332 g/mol. The minimum absolute atomic E-state index is 0.199. The minimum atomic E-state index is -1.36. The molecule has 6 nitrogen and oxygen atoms in total.